The van der Waals surface area contributed by atoms with Crippen LogP contribution in [0.4, 0.5) is 0 Å². The highest BCUT2D eigenvalue weighted by atomic mass is 32.2. The summed E-state index contributed by atoms with van der Waals surface area (Å²) in [5.74, 6) is -1.07. The Morgan fingerprint density at radius 3 is 2.41 bits per heavy atom. The summed E-state index contributed by atoms with van der Waals surface area (Å²) in [6.45, 7) is 1.90. The number of benzene rings is 2. The number of rotatable bonds is 5. The molecule has 3 aromatic rings. The Labute approximate surface area is 169 Å². The van der Waals surface area contributed by atoms with Crippen LogP contribution >= 0.6 is 0 Å². The van der Waals surface area contributed by atoms with E-state index in [0.29, 0.717) is 16.8 Å². The first-order valence-corrected chi connectivity index (χ1v) is 10.8. The summed E-state index contributed by atoms with van der Waals surface area (Å²) < 4.78 is 28.5. The van der Waals surface area contributed by atoms with E-state index in [4.69, 9.17) is 10.8 Å². The number of fused-ring (bicyclic) bond motifs is 1. The minimum absolute atomic E-state index is 0.191. The molecule has 6 nitrogen and oxygen atoms in total. The highest BCUT2D eigenvalue weighted by molar-refractivity contribution is 7.90. The number of carbonyl (C=O) groups is 1. The first-order valence-electron chi connectivity index (χ1n) is 9.39. The monoisotopic (exact) mass is 410 g/mol. The van der Waals surface area contributed by atoms with Crippen molar-refractivity contribution in [1.82, 2.24) is 3.97 Å². The number of aryl methyl sites for hydroxylation is 1. The molecule has 150 valence electrons. The maximum absolute atomic E-state index is 13.6. The first kappa shape index (κ1) is 19.4. The normalized spacial score (nSPS) is 16.2. The lowest BCUT2D eigenvalue weighted by molar-refractivity contribution is -0.131. The molecule has 0 spiro atoms. The SMILES string of the molecule is Cc1ccc(S(=O)(=O)n2c(C3(N)CCC3)cc3ccc(/C=C/C(=O)O)cc32)cc1. The average molecular weight is 410 g/mol. The highest BCUT2D eigenvalue weighted by Gasteiger charge is 2.40. The molecule has 1 aromatic heterocycles. The maximum atomic E-state index is 13.6. The zero-order valence-corrected chi connectivity index (χ0v) is 16.8. The Hall–Kier alpha value is -2.90. The van der Waals surface area contributed by atoms with Crippen molar-refractivity contribution in [2.75, 3.05) is 0 Å². The Bertz CT molecular complexity index is 1230. The molecule has 1 heterocycles. The third-order valence-electron chi connectivity index (χ3n) is 5.52. The molecule has 0 aliphatic heterocycles. The molecule has 3 N–H and O–H groups in total. The van der Waals surface area contributed by atoms with Gasteiger partial charge < -0.3 is 10.8 Å². The molecule has 7 heteroatoms. The topological polar surface area (TPSA) is 102 Å². The number of nitrogens with two attached hydrogens (primary N) is 1. The van der Waals surface area contributed by atoms with Gasteiger partial charge in [0.25, 0.3) is 10.0 Å². The molecule has 1 saturated carbocycles. The predicted molar refractivity (Wildman–Crippen MR) is 112 cm³/mol. The standard InChI is InChI=1S/C22H22N2O4S/c1-15-3-8-18(9-4-15)29(27,28)24-19-13-16(6-10-21(25)26)5-7-17(19)14-20(24)22(23)11-2-12-22/h3-10,13-14H,2,11-12,23H2,1H3,(H,25,26)/b10-6+. The summed E-state index contributed by atoms with van der Waals surface area (Å²) >= 11 is 0. The zero-order chi connectivity index (χ0) is 20.8. The Morgan fingerprint density at radius 2 is 1.83 bits per heavy atom. The largest absolute Gasteiger partial charge is 0.478 e. The molecule has 0 amide bonds. The molecule has 1 aliphatic rings. The summed E-state index contributed by atoms with van der Waals surface area (Å²) in [5, 5.41) is 9.64. The molecular formula is C22H22N2O4S. The maximum Gasteiger partial charge on any atom is 0.328 e. The fraction of sp³-hybridized carbons (Fsp3) is 0.227. The number of hydrogen-bond acceptors (Lipinski definition) is 4. The van der Waals surface area contributed by atoms with Crippen LogP contribution in [-0.4, -0.2) is 23.5 Å². The van der Waals surface area contributed by atoms with Crippen LogP contribution in [0.5, 0.6) is 0 Å². The van der Waals surface area contributed by atoms with E-state index in [1.54, 1.807) is 42.5 Å². The van der Waals surface area contributed by atoms with Crippen LogP contribution in [0.1, 0.15) is 36.1 Å². The molecule has 1 aliphatic carbocycles. The van der Waals surface area contributed by atoms with Crippen molar-refractivity contribution in [1.29, 1.82) is 0 Å². The Morgan fingerprint density at radius 1 is 1.14 bits per heavy atom. The van der Waals surface area contributed by atoms with E-state index in [0.717, 1.165) is 36.3 Å². The van der Waals surface area contributed by atoms with Crippen molar-refractivity contribution < 1.29 is 18.3 Å². The van der Waals surface area contributed by atoms with E-state index in [9.17, 15) is 13.2 Å². The van der Waals surface area contributed by atoms with Crippen molar-refractivity contribution in [2.45, 2.75) is 36.6 Å². The second-order valence-electron chi connectivity index (χ2n) is 7.61. The van der Waals surface area contributed by atoms with Crippen molar-refractivity contribution in [3.63, 3.8) is 0 Å². The average Bonchev–Trinajstić information content (AvgIpc) is 3.04. The smallest absolute Gasteiger partial charge is 0.328 e. The van der Waals surface area contributed by atoms with Gasteiger partial charge in [-0.1, -0.05) is 29.8 Å². The third-order valence-corrected chi connectivity index (χ3v) is 7.26. The molecule has 0 radical (unpaired) electrons. The van der Waals surface area contributed by atoms with Gasteiger partial charge in [-0.2, -0.15) is 0 Å². The molecule has 0 atom stereocenters. The highest BCUT2D eigenvalue weighted by Crippen LogP contribution is 2.42. The van der Waals surface area contributed by atoms with Gasteiger partial charge in [0, 0.05) is 11.5 Å². The van der Waals surface area contributed by atoms with E-state index in [2.05, 4.69) is 0 Å². The van der Waals surface area contributed by atoms with Gasteiger partial charge in [0.2, 0.25) is 0 Å². The lowest BCUT2D eigenvalue weighted by Crippen LogP contribution is -2.45. The van der Waals surface area contributed by atoms with E-state index in [-0.39, 0.29) is 4.90 Å². The number of hydrogen-bond donors (Lipinski definition) is 2. The van der Waals surface area contributed by atoms with Gasteiger partial charge in [0.05, 0.1) is 21.6 Å². The fourth-order valence-corrected chi connectivity index (χ4v) is 5.30. The van der Waals surface area contributed by atoms with E-state index in [1.807, 2.05) is 13.0 Å². The summed E-state index contributed by atoms with van der Waals surface area (Å²) in [7, 11) is -3.88. The van der Waals surface area contributed by atoms with Crippen LogP contribution in [0.15, 0.2) is 59.5 Å². The lowest BCUT2D eigenvalue weighted by Gasteiger charge is -2.38. The van der Waals surface area contributed by atoms with Crippen LogP contribution in [-0.2, 0) is 20.4 Å². The van der Waals surface area contributed by atoms with Crippen LogP contribution in [0.2, 0.25) is 0 Å². The van der Waals surface area contributed by atoms with Gasteiger partial charge >= 0.3 is 5.97 Å². The van der Waals surface area contributed by atoms with Crippen molar-refractivity contribution in [2.24, 2.45) is 5.73 Å². The molecule has 1 fully saturated rings. The molecule has 0 unspecified atom stereocenters. The number of nitrogens with zero attached hydrogens (tertiary/aromatic N) is 1. The van der Waals surface area contributed by atoms with Gasteiger partial charge in [-0.15, -0.1) is 0 Å². The molecule has 2 aromatic carbocycles. The van der Waals surface area contributed by atoms with Crippen LogP contribution in [0.25, 0.3) is 17.0 Å². The minimum Gasteiger partial charge on any atom is -0.478 e. The third kappa shape index (κ3) is 3.36. The molecular weight excluding hydrogens is 388 g/mol. The number of aromatic nitrogens is 1. The molecule has 0 bridgehead atoms. The van der Waals surface area contributed by atoms with Crippen molar-refractivity contribution in [3.05, 3.63) is 71.4 Å². The second-order valence-corrected chi connectivity index (χ2v) is 9.40. The summed E-state index contributed by atoms with van der Waals surface area (Å²) in [4.78, 5) is 11.0. The number of carboxylic acid groups (broad SMARTS) is 1. The quantitative estimate of drug-likeness (QED) is 0.626. The van der Waals surface area contributed by atoms with Crippen molar-refractivity contribution >= 4 is 33.0 Å². The molecule has 4 rings (SSSR count). The number of carboxylic acids is 1. The van der Waals surface area contributed by atoms with E-state index < -0.39 is 21.5 Å². The van der Waals surface area contributed by atoms with Gasteiger partial charge in [0.15, 0.2) is 0 Å². The summed E-state index contributed by atoms with van der Waals surface area (Å²) in [5.41, 5.74) is 8.49. The second kappa shape index (κ2) is 6.86. The van der Waals surface area contributed by atoms with Crippen LogP contribution < -0.4 is 5.73 Å². The fourth-order valence-electron chi connectivity index (χ4n) is 3.70. The molecule has 29 heavy (non-hydrogen) atoms. The van der Waals surface area contributed by atoms with Crippen molar-refractivity contribution in [3.8, 4) is 0 Å². The summed E-state index contributed by atoms with van der Waals surface area (Å²) in [6, 6.07) is 13.8. The van der Waals surface area contributed by atoms with Gasteiger partial charge in [0.1, 0.15) is 0 Å². The van der Waals surface area contributed by atoms with Gasteiger partial charge in [-0.3, -0.25) is 0 Å². The van der Waals surface area contributed by atoms with Gasteiger partial charge in [-0.25, -0.2) is 17.2 Å². The minimum atomic E-state index is -3.88. The van der Waals surface area contributed by atoms with E-state index >= 15 is 0 Å². The van der Waals surface area contributed by atoms with Crippen LogP contribution in [0.3, 0.4) is 0 Å². The van der Waals surface area contributed by atoms with Crippen LogP contribution in [0, 0.1) is 6.92 Å². The first-order chi connectivity index (χ1) is 13.7. The predicted octanol–water partition coefficient (Wildman–Crippen LogP) is 3.62. The lowest BCUT2D eigenvalue weighted by atomic mass is 9.75. The number of aliphatic carboxylic acids is 1. The van der Waals surface area contributed by atoms with E-state index in [1.165, 1.54) is 10.0 Å². The Balaban J connectivity index is 1.98. The Kier molecular flexibility index (Phi) is 4.59. The zero-order valence-electron chi connectivity index (χ0n) is 16.0. The summed E-state index contributed by atoms with van der Waals surface area (Å²) in [6.07, 6.45) is 4.87. The molecule has 0 saturated heterocycles. The van der Waals surface area contributed by atoms with Gasteiger partial charge in [-0.05, 0) is 62.1 Å².